The van der Waals surface area contributed by atoms with Gasteiger partial charge in [-0.05, 0) is 37.6 Å². The molecule has 2 atom stereocenters. The molecule has 162 valence electrons. The number of hydrogen-bond donors (Lipinski definition) is 4. The second kappa shape index (κ2) is 8.83. The minimum Gasteiger partial charge on any atom is -0.367 e. The number of carbonyl (C=O) groups is 1. The number of likely N-dealkylation sites (N-methyl/N-ethyl adjacent to an activating group) is 1. The van der Waals surface area contributed by atoms with E-state index in [0.717, 1.165) is 61.9 Å². The van der Waals surface area contributed by atoms with E-state index in [4.69, 9.17) is 4.99 Å². The van der Waals surface area contributed by atoms with Gasteiger partial charge in [-0.15, -0.1) is 0 Å². The third kappa shape index (κ3) is 4.30. The first kappa shape index (κ1) is 20.3. The summed E-state index contributed by atoms with van der Waals surface area (Å²) in [6.07, 6.45) is 10.5. The van der Waals surface area contributed by atoms with Crippen LogP contribution in [0.5, 0.6) is 0 Å². The van der Waals surface area contributed by atoms with Crippen molar-refractivity contribution in [2.24, 2.45) is 4.99 Å². The van der Waals surface area contributed by atoms with Crippen molar-refractivity contribution in [3.8, 4) is 0 Å². The molecule has 2 unspecified atom stereocenters. The summed E-state index contributed by atoms with van der Waals surface area (Å²) in [5, 5.41) is 18.2. The summed E-state index contributed by atoms with van der Waals surface area (Å²) in [6.45, 7) is 9.07. The molecular weight excluding hydrogens is 380 g/mol. The largest absolute Gasteiger partial charge is 0.367 e. The Hall–Kier alpha value is -2.94. The number of piperidine rings is 1. The maximum Gasteiger partial charge on any atom is 0.246 e. The number of amides is 1. The molecule has 4 N–H and O–H groups in total. The van der Waals surface area contributed by atoms with Gasteiger partial charge in [0.25, 0.3) is 0 Å². The zero-order valence-electron chi connectivity index (χ0n) is 17.8. The van der Waals surface area contributed by atoms with Crippen LogP contribution in [-0.2, 0) is 4.79 Å². The smallest absolute Gasteiger partial charge is 0.246 e. The molecule has 0 aromatic heterocycles. The number of hydrogen-bond acceptors (Lipinski definition) is 8. The number of aliphatic imine (C=N–C) groups is 1. The molecule has 9 nitrogen and oxygen atoms in total. The molecule has 0 aliphatic carbocycles. The number of likely N-dealkylation sites (tertiary alicyclic amines) is 1. The van der Waals surface area contributed by atoms with Crippen LogP contribution in [0.4, 0.5) is 0 Å². The number of nitrogens with zero attached hydrogens (tertiary/aromatic N) is 4. The first-order chi connectivity index (χ1) is 14.6. The highest BCUT2D eigenvalue weighted by Gasteiger charge is 2.29. The molecule has 1 saturated heterocycles. The monoisotopic (exact) mass is 412 g/mol. The van der Waals surface area contributed by atoms with Crippen LogP contribution in [0.25, 0.3) is 0 Å². The van der Waals surface area contributed by atoms with Gasteiger partial charge >= 0.3 is 0 Å². The fourth-order valence-corrected chi connectivity index (χ4v) is 4.24. The van der Waals surface area contributed by atoms with E-state index >= 15 is 0 Å². The van der Waals surface area contributed by atoms with Crippen molar-refractivity contribution < 1.29 is 4.79 Å². The predicted molar refractivity (Wildman–Crippen MR) is 117 cm³/mol. The quantitative estimate of drug-likeness (QED) is 0.469. The zero-order chi connectivity index (χ0) is 21.1. The number of fused-ring (bicyclic) bond motifs is 1. The normalized spacial score (nSPS) is 25.9. The van der Waals surface area contributed by atoms with Gasteiger partial charge < -0.3 is 31.2 Å². The Morgan fingerprint density at radius 3 is 3.13 bits per heavy atom. The minimum atomic E-state index is -0.114. The van der Waals surface area contributed by atoms with Gasteiger partial charge in [0, 0.05) is 44.5 Å². The summed E-state index contributed by atoms with van der Waals surface area (Å²) in [5.41, 5.74) is 2.18. The highest BCUT2D eigenvalue weighted by atomic mass is 16.2. The number of rotatable bonds is 6. The van der Waals surface area contributed by atoms with Crippen LogP contribution in [0.2, 0.25) is 0 Å². The fraction of sp³-hybridized carbons (Fsp3) is 0.524. The Bertz CT molecular complexity index is 814. The highest BCUT2D eigenvalue weighted by Crippen LogP contribution is 2.21. The molecule has 1 amide bonds. The SMILES string of the molecule is C=CC(=O)N1CCCC(NC2=C3C=CNC3N=C(NC3=CN(CCC)N(C)C3)N2)C1. The van der Waals surface area contributed by atoms with Crippen LogP contribution >= 0.6 is 0 Å². The van der Waals surface area contributed by atoms with Crippen LogP contribution in [0.15, 0.2) is 53.2 Å². The van der Waals surface area contributed by atoms with Crippen LogP contribution in [0, 0.1) is 0 Å². The molecule has 1 fully saturated rings. The van der Waals surface area contributed by atoms with Crippen molar-refractivity contribution in [1.82, 2.24) is 36.2 Å². The van der Waals surface area contributed by atoms with E-state index < -0.39 is 0 Å². The maximum absolute atomic E-state index is 12.0. The lowest BCUT2D eigenvalue weighted by Gasteiger charge is -2.35. The van der Waals surface area contributed by atoms with Gasteiger partial charge in [0.2, 0.25) is 11.9 Å². The lowest BCUT2D eigenvalue weighted by Crippen LogP contribution is -2.52. The lowest BCUT2D eigenvalue weighted by atomic mass is 10.0. The topological polar surface area (TPSA) is 87.3 Å². The second-order valence-electron chi connectivity index (χ2n) is 8.07. The van der Waals surface area contributed by atoms with Gasteiger partial charge in [-0.25, -0.2) is 10.0 Å². The molecule has 4 rings (SSSR count). The Balaban J connectivity index is 1.43. The van der Waals surface area contributed by atoms with Crippen molar-refractivity contribution >= 4 is 11.9 Å². The van der Waals surface area contributed by atoms with Crippen molar-refractivity contribution in [2.75, 3.05) is 33.2 Å². The highest BCUT2D eigenvalue weighted by molar-refractivity contribution is 5.87. The second-order valence-corrected chi connectivity index (χ2v) is 8.07. The van der Waals surface area contributed by atoms with E-state index in [1.165, 1.54) is 6.08 Å². The number of hydrazine groups is 1. The Morgan fingerprint density at radius 2 is 2.33 bits per heavy atom. The number of guanidine groups is 1. The van der Waals surface area contributed by atoms with E-state index in [0.29, 0.717) is 6.54 Å². The molecule has 0 spiro atoms. The number of carbonyl (C=O) groups excluding carboxylic acids is 1. The van der Waals surface area contributed by atoms with E-state index in [-0.39, 0.29) is 18.1 Å². The van der Waals surface area contributed by atoms with E-state index in [1.54, 1.807) is 0 Å². The molecule has 30 heavy (non-hydrogen) atoms. The van der Waals surface area contributed by atoms with Crippen LogP contribution in [-0.4, -0.2) is 72.2 Å². The molecule has 0 aromatic rings. The number of nitrogens with one attached hydrogen (secondary N) is 4. The van der Waals surface area contributed by atoms with Crippen LogP contribution in [0.3, 0.4) is 0 Å². The molecule has 4 aliphatic rings. The summed E-state index contributed by atoms with van der Waals surface area (Å²) in [5.74, 6) is 1.65. The van der Waals surface area contributed by atoms with E-state index in [2.05, 4.69) is 58.0 Å². The summed E-state index contributed by atoms with van der Waals surface area (Å²) >= 11 is 0. The predicted octanol–water partition coefficient (Wildman–Crippen LogP) is 0.370. The summed E-state index contributed by atoms with van der Waals surface area (Å²) in [7, 11) is 2.09. The van der Waals surface area contributed by atoms with Crippen molar-refractivity contribution in [3.63, 3.8) is 0 Å². The van der Waals surface area contributed by atoms with Gasteiger partial charge in [-0.2, -0.15) is 0 Å². The van der Waals surface area contributed by atoms with E-state index in [1.807, 2.05) is 17.2 Å². The maximum atomic E-state index is 12.0. The lowest BCUT2D eigenvalue weighted by molar-refractivity contribution is -0.127. The average Bonchev–Trinajstić information content (AvgIpc) is 3.34. The third-order valence-corrected chi connectivity index (χ3v) is 5.73. The first-order valence-corrected chi connectivity index (χ1v) is 10.7. The molecule has 0 bridgehead atoms. The molecule has 4 heterocycles. The minimum absolute atomic E-state index is 0.00564. The van der Waals surface area contributed by atoms with Gasteiger partial charge in [0.1, 0.15) is 5.82 Å². The van der Waals surface area contributed by atoms with Crippen molar-refractivity contribution in [2.45, 2.75) is 38.4 Å². The molecule has 0 aromatic carbocycles. The molecule has 0 saturated carbocycles. The molecule has 9 heteroatoms. The van der Waals surface area contributed by atoms with Crippen LogP contribution < -0.4 is 21.3 Å². The Morgan fingerprint density at radius 1 is 1.47 bits per heavy atom. The van der Waals surface area contributed by atoms with Crippen LogP contribution in [0.1, 0.15) is 26.2 Å². The molecular formula is C21H32N8O. The fourth-order valence-electron chi connectivity index (χ4n) is 4.24. The average molecular weight is 413 g/mol. The van der Waals surface area contributed by atoms with Gasteiger partial charge in [0.05, 0.1) is 12.2 Å². The van der Waals surface area contributed by atoms with Crippen molar-refractivity contribution in [3.05, 3.63) is 48.2 Å². The van der Waals surface area contributed by atoms with E-state index in [9.17, 15) is 4.79 Å². The van der Waals surface area contributed by atoms with Gasteiger partial charge in [-0.3, -0.25) is 4.79 Å². The standard InChI is InChI=1S/C21H32N8O/c1-4-10-29-14-16(12-27(29)3)24-21-25-19-17(8-9-22-19)20(26-21)23-15-7-6-11-28(13-15)18(30)5-2/h5,8-9,14-15,19,22-23H,2,4,6-7,10-13H2,1,3H3,(H2,24,25,26). The van der Waals surface area contributed by atoms with Gasteiger partial charge in [0.15, 0.2) is 6.17 Å². The Kier molecular flexibility index (Phi) is 5.98. The Labute approximate surface area is 178 Å². The summed E-state index contributed by atoms with van der Waals surface area (Å²) < 4.78 is 0. The molecule has 0 radical (unpaired) electrons. The van der Waals surface area contributed by atoms with Crippen molar-refractivity contribution in [1.29, 1.82) is 0 Å². The third-order valence-electron chi connectivity index (χ3n) is 5.73. The first-order valence-electron chi connectivity index (χ1n) is 10.7. The van der Waals surface area contributed by atoms with Gasteiger partial charge in [-0.1, -0.05) is 13.5 Å². The molecule has 4 aliphatic heterocycles. The summed E-state index contributed by atoms with van der Waals surface area (Å²) in [6, 6.07) is 0.184. The summed E-state index contributed by atoms with van der Waals surface area (Å²) in [4.78, 5) is 18.6. The zero-order valence-corrected chi connectivity index (χ0v) is 17.8.